The number of amides is 1. The lowest BCUT2D eigenvalue weighted by Gasteiger charge is -2.61. The Morgan fingerprint density at radius 1 is 1.23 bits per heavy atom. The zero-order chi connectivity index (χ0) is 21.9. The summed E-state index contributed by atoms with van der Waals surface area (Å²) >= 11 is 0. The van der Waals surface area contributed by atoms with Crippen LogP contribution in [0.25, 0.3) is 0 Å². The molecular formula is C24H35NO4S. The summed E-state index contributed by atoms with van der Waals surface area (Å²) in [6, 6.07) is 5.86. The van der Waals surface area contributed by atoms with Gasteiger partial charge in [-0.2, -0.15) is 0 Å². The summed E-state index contributed by atoms with van der Waals surface area (Å²) in [5.41, 5.74) is 2.01. The number of sulfone groups is 1. The molecule has 1 amide bonds. The van der Waals surface area contributed by atoms with Crippen molar-refractivity contribution in [3.8, 4) is 5.75 Å². The van der Waals surface area contributed by atoms with E-state index in [1.54, 1.807) is 13.0 Å². The maximum atomic E-state index is 13.6. The van der Waals surface area contributed by atoms with Gasteiger partial charge in [0, 0.05) is 29.7 Å². The molecule has 1 saturated heterocycles. The maximum Gasteiger partial charge on any atom is 0.225 e. The van der Waals surface area contributed by atoms with Crippen LogP contribution in [0.4, 0.5) is 0 Å². The van der Waals surface area contributed by atoms with Crippen LogP contribution in [0.15, 0.2) is 18.2 Å². The molecule has 0 radical (unpaired) electrons. The molecule has 1 aromatic rings. The van der Waals surface area contributed by atoms with E-state index in [-0.39, 0.29) is 46.1 Å². The number of hydrogen-bond acceptors (Lipinski definition) is 4. The lowest BCUT2D eigenvalue weighted by molar-refractivity contribution is -0.148. The van der Waals surface area contributed by atoms with Gasteiger partial charge in [0.1, 0.15) is 15.6 Å². The van der Waals surface area contributed by atoms with E-state index in [0.29, 0.717) is 18.6 Å². The van der Waals surface area contributed by atoms with Gasteiger partial charge in [-0.25, -0.2) is 8.42 Å². The average molecular weight is 434 g/mol. The second-order valence-electron chi connectivity index (χ2n) is 10.4. The lowest BCUT2D eigenvalue weighted by atomic mass is 9.51. The number of hydrogen-bond donors (Lipinski definition) is 1. The van der Waals surface area contributed by atoms with E-state index in [1.807, 2.05) is 6.07 Å². The number of carbonyl (C=O) groups is 1. The lowest BCUT2D eigenvalue weighted by Crippen LogP contribution is -2.65. The number of likely N-dealkylation sites (tertiary alicyclic amines) is 1. The number of fused-ring (bicyclic) bond motifs is 4. The Bertz CT molecular complexity index is 954. The highest BCUT2D eigenvalue weighted by Crippen LogP contribution is 2.57. The van der Waals surface area contributed by atoms with Gasteiger partial charge in [-0.15, -0.1) is 0 Å². The first-order valence-corrected chi connectivity index (χ1v) is 13.1. The van der Waals surface area contributed by atoms with Gasteiger partial charge in [-0.05, 0) is 60.6 Å². The smallest absolute Gasteiger partial charge is 0.225 e. The number of carbonyl (C=O) groups excluding carboxylic acids is 1. The van der Waals surface area contributed by atoms with Crippen LogP contribution in [-0.2, 0) is 26.5 Å². The fourth-order valence-electron chi connectivity index (χ4n) is 6.35. The summed E-state index contributed by atoms with van der Waals surface area (Å²) < 4.78 is 24.1. The van der Waals surface area contributed by atoms with E-state index in [1.165, 1.54) is 5.56 Å². The Kier molecular flexibility index (Phi) is 5.23. The zero-order valence-corrected chi connectivity index (χ0v) is 19.5. The summed E-state index contributed by atoms with van der Waals surface area (Å²) in [6.45, 7) is 9.22. The quantitative estimate of drug-likeness (QED) is 0.786. The van der Waals surface area contributed by atoms with Crippen LogP contribution >= 0.6 is 0 Å². The standard InChI is InChI=1S/C24H35NO4S/c1-5-30(28,29)15-16-9-10-17(13-16)22(27)25-12-11-24(4)19-7-6-8-20(26)18(19)14-21(25)23(24,2)3/h6-8,16-17,21,26H,5,9-15H2,1-4H3/t16?,17-,21-,24+/m1/s1. The number of benzene rings is 1. The van der Waals surface area contributed by atoms with Gasteiger partial charge in [0.05, 0.1) is 5.75 Å². The molecule has 30 heavy (non-hydrogen) atoms. The highest BCUT2D eigenvalue weighted by molar-refractivity contribution is 7.91. The molecular weight excluding hydrogens is 398 g/mol. The minimum Gasteiger partial charge on any atom is -0.508 e. The summed E-state index contributed by atoms with van der Waals surface area (Å²) in [5.74, 6) is 0.925. The molecule has 2 bridgehead atoms. The molecule has 1 heterocycles. The Morgan fingerprint density at radius 2 is 1.97 bits per heavy atom. The van der Waals surface area contributed by atoms with Crippen LogP contribution < -0.4 is 0 Å². The van der Waals surface area contributed by atoms with Crippen LogP contribution in [0.5, 0.6) is 5.75 Å². The topological polar surface area (TPSA) is 74.7 Å². The molecule has 4 rings (SSSR count). The summed E-state index contributed by atoms with van der Waals surface area (Å²) in [6.07, 6.45) is 3.83. The van der Waals surface area contributed by atoms with E-state index in [4.69, 9.17) is 0 Å². The van der Waals surface area contributed by atoms with Crippen LogP contribution in [0.1, 0.15) is 64.5 Å². The minimum atomic E-state index is -3.01. The molecule has 0 spiro atoms. The molecule has 5 nitrogen and oxygen atoms in total. The number of rotatable bonds is 4. The number of aromatic hydroxyl groups is 1. The number of phenols is 1. The fraction of sp³-hybridized carbons (Fsp3) is 0.708. The van der Waals surface area contributed by atoms with Gasteiger partial charge in [0.15, 0.2) is 0 Å². The normalized spacial score (nSPS) is 32.7. The molecule has 166 valence electrons. The van der Waals surface area contributed by atoms with Crippen LogP contribution in [-0.4, -0.2) is 48.4 Å². The Balaban J connectivity index is 1.58. The monoisotopic (exact) mass is 433 g/mol. The second-order valence-corrected chi connectivity index (χ2v) is 12.8. The summed E-state index contributed by atoms with van der Waals surface area (Å²) in [7, 11) is -3.01. The van der Waals surface area contributed by atoms with E-state index in [2.05, 4.69) is 31.7 Å². The molecule has 4 atom stereocenters. The van der Waals surface area contributed by atoms with E-state index in [0.717, 1.165) is 31.4 Å². The van der Waals surface area contributed by atoms with Crippen molar-refractivity contribution < 1.29 is 18.3 Å². The molecule has 6 heteroatoms. The van der Waals surface area contributed by atoms with Gasteiger partial charge in [0.25, 0.3) is 0 Å². The molecule has 1 aromatic carbocycles. The van der Waals surface area contributed by atoms with Gasteiger partial charge in [0.2, 0.25) is 5.91 Å². The molecule has 3 aliphatic rings. The van der Waals surface area contributed by atoms with E-state index in [9.17, 15) is 18.3 Å². The van der Waals surface area contributed by atoms with Gasteiger partial charge in [-0.1, -0.05) is 39.8 Å². The molecule has 1 aliphatic heterocycles. The predicted octanol–water partition coefficient (Wildman–Crippen LogP) is 3.68. The van der Waals surface area contributed by atoms with Crippen molar-refractivity contribution in [2.75, 3.05) is 18.1 Å². The van der Waals surface area contributed by atoms with E-state index >= 15 is 0 Å². The van der Waals surface area contributed by atoms with Crippen molar-refractivity contribution in [1.82, 2.24) is 4.90 Å². The third kappa shape index (κ3) is 3.26. The zero-order valence-electron chi connectivity index (χ0n) is 18.6. The van der Waals surface area contributed by atoms with Gasteiger partial charge < -0.3 is 10.0 Å². The maximum absolute atomic E-state index is 13.6. The highest BCUT2D eigenvalue weighted by Gasteiger charge is 2.57. The molecule has 1 N–H and O–H groups in total. The first-order chi connectivity index (χ1) is 14.0. The number of phenolic OH excluding ortho intramolecular Hbond substituents is 1. The van der Waals surface area contributed by atoms with Crippen molar-refractivity contribution >= 4 is 15.7 Å². The van der Waals surface area contributed by atoms with Crippen molar-refractivity contribution in [3.63, 3.8) is 0 Å². The number of nitrogens with zero attached hydrogens (tertiary/aromatic N) is 1. The Hall–Kier alpha value is -1.56. The summed E-state index contributed by atoms with van der Waals surface area (Å²) in [5, 5.41) is 10.5. The van der Waals surface area contributed by atoms with Gasteiger partial charge in [-0.3, -0.25) is 4.79 Å². The van der Waals surface area contributed by atoms with E-state index < -0.39 is 9.84 Å². The van der Waals surface area contributed by atoms with Crippen molar-refractivity contribution in [3.05, 3.63) is 29.3 Å². The van der Waals surface area contributed by atoms with Crippen molar-refractivity contribution in [2.24, 2.45) is 17.3 Å². The average Bonchev–Trinajstić information content (AvgIpc) is 3.12. The fourth-order valence-corrected chi connectivity index (χ4v) is 7.61. The molecule has 2 fully saturated rings. The van der Waals surface area contributed by atoms with Crippen molar-refractivity contribution in [2.45, 2.75) is 71.3 Å². The third-order valence-corrected chi connectivity index (χ3v) is 10.6. The van der Waals surface area contributed by atoms with Gasteiger partial charge >= 0.3 is 0 Å². The molecule has 2 aliphatic carbocycles. The Morgan fingerprint density at radius 3 is 2.67 bits per heavy atom. The molecule has 1 unspecified atom stereocenters. The largest absolute Gasteiger partial charge is 0.508 e. The molecule has 0 aromatic heterocycles. The van der Waals surface area contributed by atoms with Crippen LogP contribution in [0.3, 0.4) is 0 Å². The minimum absolute atomic E-state index is 0.0444. The first-order valence-electron chi connectivity index (χ1n) is 11.3. The number of piperidine rings is 1. The second kappa shape index (κ2) is 7.25. The van der Waals surface area contributed by atoms with Crippen LogP contribution in [0.2, 0.25) is 0 Å². The predicted molar refractivity (Wildman–Crippen MR) is 118 cm³/mol. The first kappa shape index (κ1) is 21.7. The van der Waals surface area contributed by atoms with Crippen LogP contribution in [0, 0.1) is 17.3 Å². The Labute approximate surface area is 180 Å². The summed E-state index contributed by atoms with van der Waals surface area (Å²) in [4.78, 5) is 15.7. The highest BCUT2D eigenvalue weighted by atomic mass is 32.2. The van der Waals surface area contributed by atoms with Crippen molar-refractivity contribution in [1.29, 1.82) is 0 Å². The third-order valence-electron chi connectivity index (χ3n) is 8.73. The molecule has 1 saturated carbocycles. The SMILES string of the molecule is CCS(=O)(=O)CC1CC[C@@H](C(=O)N2CC[C@@]3(C)c4cccc(O)c4C[C@@H]2C3(C)C)C1.